The van der Waals surface area contributed by atoms with E-state index in [1.54, 1.807) is 6.08 Å². The minimum absolute atomic E-state index is 0.0364. The number of rotatable bonds is 8. The van der Waals surface area contributed by atoms with Gasteiger partial charge in [-0.15, -0.1) is 0 Å². The van der Waals surface area contributed by atoms with Gasteiger partial charge in [0.2, 0.25) is 0 Å². The third kappa shape index (κ3) is 5.19. The van der Waals surface area contributed by atoms with Crippen molar-refractivity contribution in [2.45, 2.75) is 32.4 Å². The molecule has 2 heterocycles. The van der Waals surface area contributed by atoms with Gasteiger partial charge in [0.1, 0.15) is 24.0 Å². The molecule has 1 saturated heterocycles. The molecule has 2 aromatic carbocycles. The van der Waals surface area contributed by atoms with Gasteiger partial charge in [0.05, 0.1) is 12.6 Å². The van der Waals surface area contributed by atoms with E-state index in [4.69, 9.17) is 9.47 Å². The standard InChI is InChI=1S/C26H27N3O3/c1-19-8-10-22(11-9-19)32-14-12-29-18-21(24-6-2-3-7-25(24)29)15-20(16-27)26(30)28-17-23-5-4-13-31-23/h2-3,6-11,15,18,23H,4-5,12-14,17H2,1H3,(H,28,30)/b20-15+/t23-/m1/s1. The van der Waals surface area contributed by atoms with Gasteiger partial charge in [0.15, 0.2) is 0 Å². The van der Waals surface area contributed by atoms with Crippen molar-refractivity contribution in [3.8, 4) is 11.8 Å². The average molecular weight is 430 g/mol. The number of para-hydroxylation sites is 1. The lowest BCUT2D eigenvalue weighted by Gasteiger charge is -2.10. The molecule has 164 valence electrons. The van der Waals surface area contributed by atoms with Crippen molar-refractivity contribution >= 4 is 22.9 Å². The van der Waals surface area contributed by atoms with Crippen molar-refractivity contribution < 1.29 is 14.3 Å². The molecule has 0 aliphatic carbocycles. The number of ether oxygens (including phenoxy) is 2. The van der Waals surface area contributed by atoms with Crippen molar-refractivity contribution in [1.82, 2.24) is 9.88 Å². The summed E-state index contributed by atoms with van der Waals surface area (Å²) in [7, 11) is 0. The predicted molar refractivity (Wildman–Crippen MR) is 124 cm³/mol. The van der Waals surface area contributed by atoms with E-state index in [-0.39, 0.29) is 17.6 Å². The van der Waals surface area contributed by atoms with Crippen molar-refractivity contribution in [2.75, 3.05) is 19.8 Å². The van der Waals surface area contributed by atoms with Gasteiger partial charge in [0.25, 0.3) is 5.91 Å². The molecular formula is C26H27N3O3. The first-order valence-corrected chi connectivity index (χ1v) is 10.9. The van der Waals surface area contributed by atoms with Crippen LogP contribution >= 0.6 is 0 Å². The van der Waals surface area contributed by atoms with Crippen LogP contribution in [-0.4, -0.2) is 36.3 Å². The molecule has 1 amide bonds. The Bertz CT molecular complexity index is 1150. The van der Waals surface area contributed by atoms with Crippen LogP contribution in [0.1, 0.15) is 24.0 Å². The molecule has 1 aliphatic heterocycles. The molecule has 3 aromatic rings. The Morgan fingerprint density at radius 1 is 1.28 bits per heavy atom. The van der Waals surface area contributed by atoms with Crippen LogP contribution in [0.5, 0.6) is 5.75 Å². The first-order chi connectivity index (χ1) is 15.6. The summed E-state index contributed by atoms with van der Waals surface area (Å²) in [6.07, 6.45) is 5.60. The fraction of sp³-hybridized carbons (Fsp3) is 0.308. The second kappa shape index (κ2) is 10.2. The molecule has 0 radical (unpaired) electrons. The fourth-order valence-electron chi connectivity index (χ4n) is 3.88. The largest absolute Gasteiger partial charge is 0.492 e. The van der Waals surface area contributed by atoms with Crippen molar-refractivity contribution in [3.63, 3.8) is 0 Å². The molecule has 0 bridgehead atoms. The highest BCUT2D eigenvalue weighted by Gasteiger charge is 2.18. The maximum atomic E-state index is 12.5. The Hall–Kier alpha value is -3.56. The maximum Gasteiger partial charge on any atom is 0.262 e. The topological polar surface area (TPSA) is 76.3 Å². The summed E-state index contributed by atoms with van der Waals surface area (Å²) in [5, 5.41) is 13.4. The number of carbonyl (C=O) groups excluding carboxylic acids is 1. The van der Waals surface area contributed by atoms with Gasteiger partial charge in [-0.2, -0.15) is 5.26 Å². The van der Waals surface area contributed by atoms with E-state index < -0.39 is 0 Å². The number of nitrogens with one attached hydrogen (secondary N) is 1. The molecule has 0 unspecified atom stereocenters. The van der Waals surface area contributed by atoms with Crippen LogP contribution in [0.25, 0.3) is 17.0 Å². The molecule has 32 heavy (non-hydrogen) atoms. The van der Waals surface area contributed by atoms with Crippen LogP contribution in [0.4, 0.5) is 0 Å². The van der Waals surface area contributed by atoms with Crippen LogP contribution < -0.4 is 10.1 Å². The zero-order valence-corrected chi connectivity index (χ0v) is 18.2. The van der Waals surface area contributed by atoms with Crippen molar-refractivity contribution in [2.24, 2.45) is 0 Å². The second-order valence-corrected chi connectivity index (χ2v) is 7.97. The molecule has 1 N–H and O–H groups in total. The maximum absolute atomic E-state index is 12.5. The third-order valence-electron chi connectivity index (χ3n) is 5.62. The van der Waals surface area contributed by atoms with Crippen LogP contribution in [0.15, 0.2) is 60.3 Å². The zero-order chi connectivity index (χ0) is 22.3. The number of hydrogen-bond donors (Lipinski definition) is 1. The Balaban J connectivity index is 1.48. The van der Waals surface area contributed by atoms with Gasteiger partial charge in [-0.05, 0) is 44.0 Å². The highest BCUT2D eigenvalue weighted by molar-refractivity contribution is 6.04. The molecular weight excluding hydrogens is 402 g/mol. The zero-order valence-electron chi connectivity index (χ0n) is 18.2. The molecule has 1 aliphatic rings. The number of aryl methyl sites for hydroxylation is 1. The second-order valence-electron chi connectivity index (χ2n) is 7.97. The lowest BCUT2D eigenvalue weighted by Crippen LogP contribution is -2.32. The van der Waals surface area contributed by atoms with E-state index in [0.29, 0.717) is 19.7 Å². The lowest BCUT2D eigenvalue weighted by molar-refractivity contribution is -0.117. The number of amides is 1. The molecule has 1 atom stereocenters. The lowest BCUT2D eigenvalue weighted by atomic mass is 10.1. The summed E-state index contributed by atoms with van der Waals surface area (Å²) in [5.41, 5.74) is 3.14. The van der Waals surface area contributed by atoms with Gasteiger partial charge in [-0.3, -0.25) is 4.79 Å². The summed E-state index contributed by atoms with van der Waals surface area (Å²) in [6, 6.07) is 18.0. The highest BCUT2D eigenvalue weighted by atomic mass is 16.5. The number of fused-ring (bicyclic) bond motifs is 1. The van der Waals surface area contributed by atoms with Crippen LogP contribution in [-0.2, 0) is 16.1 Å². The van der Waals surface area contributed by atoms with E-state index in [1.807, 2.05) is 67.7 Å². The minimum Gasteiger partial charge on any atom is -0.492 e. The molecule has 1 aromatic heterocycles. The predicted octanol–water partition coefficient (Wildman–Crippen LogP) is 4.23. The number of carbonyl (C=O) groups is 1. The Labute approximate surface area is 188 Å². The number of benzene rings is 2. The summed E-state index contributed by atoms with van der Waals surface area (Å²) in [4.78, 5) is 12.5. The first kappa shape index (κ1) is 21.7. The molecule has 1 fully saturated rings. The smallest absolute Gasteiger partial charge is 0.262 e. The van der Waals surface area contributed by atoms with Crippen molar-refractivity contribution in [3.05, 3.63) is 71.4 Å². The van der Waals surface area contributed by atoms with E-state index in [9.17, 15) is 10.1 Å². The molecule has 6 heteroatoms. The van der Waals surface area contributed by atoms with Gasteiger partial charge >= 0.3 is 0 Å². The van der Waals surface area contributed by atoms with Gasteiger partial charge < -0.3 is 19.4 Å². The van der Waals surface area contributed by atoms with Gasteiger partial charge in [0, 0.05) is 35.8 Å². The number of nitriles is 1. The molecule has 0 spiro atoms. The van der Waals surface area contributed by atoms with Gasteiger partial charge in [-0.25, -0.2) is 0 Å². The van der Waals surface area contributed by atoms with Crippen LogP contribution in [0, 0.1) is 18.3 Å². The quantitative estimate of drug-likeness (QED) is 0.429. The number of nitrogens with zero attached hydrogens (tertiary/aromatic N) is 2. The van der Waals surface area contributed by atoms with E-state index in [2.05, 4.69) is 9.88 Å². The average Bonchev–Trinajstić information content (AvgIpc) is 3.45. The van der Waals surface area contributed by atoms with E-state index in [0.717, 1.165) is 41.7 Å². The Morgan fingerprint density at radius 2 is 2.09 bits per heavy atom. The normalized spacial score (nSPS) is 16.1. The molecule has 4 rings (SSSR count). The summed E-state index contributed by atoms with van der Waals surface area (Å²) >= 11 is 0. The SMILES string of the molecule is Cc1ccc(OCCn2cc(/C=C(\C#N)C(=O)NC[C@H]3CCCO3)c3ccccc32)cc1. The minimum atomic E-state index is -0.373. The molecule has 0 saturated carbocycles. The van der Waals surface area contributed by atoms with E-state index in [1.165, 1.54) is 5.56 Å². The Morgan fingerprint density at radius 3 is 2.84 bits per heavy atom. The summed E-state index contributed by atoms with van der Waals surface area (Å²) < 4.78 is 13.5. The van der Waals surface area contributed by atoms with E-state index >= 15 is 0 Å². The number of hydrogen-bond acceptors (Lipinski definition) is 4. The van der Waals surface area contributed by atoms with Crippen LogP contribution in [0.3, 0.4) is 0 Å². The molecule has 6 nitrogen and oxygen atoms in total. The fourth-order valence-corrected chi connectivity index (χ4v) is 3.88. The summed E-state index contributed by atoms with van der Waals surface area (Å²) in [5.74, 6) is 0.462. The Kier molecular flexibility index (Phi) is 6.88. The van der Waals surface area contributed by atoms with Crippen molar-refractivity contribution in [1.29, 1.82) is 5.26 Å². The monoisotopic (exact) mass is 429 g/mol. The third-order valence-corrected chi connectivity index (χ3v) is 5.62. The highest BCUT2D eigenvalue weighted by Crippen LogP contribution is 2.24. The first-order valence-electron chi connectivity index (χ1n) is 10.9. The number of aromatic nitrogens is 1. The van der Waals surface area contributed by atoms with Gasteiger partial charge in [-0.1, -0.05) is 35.9 Å². The van der Waals surface area contributed by atoms with Crippen LogP contribution in [0.2, 0.25) is 0 Å². The summed E-state index contributed by atoms with van der Waals surface area (Å²) in [6.45, 7) is 4.36.